The summed E-state index contributed by atoms with van der Waals surface area (Å²) in [5.41, 5.74) is 1.15. The van der Waals surface area contributed by atoms with Gasteiger partial charge in [-0.3, -0.25) is 0 Å². The number of benzene rings is 1. The maximum Gasteiger partial charge on any atom is 0.0455 e. The first-order valence-corrected chi connectivity index (χ1v) is 7.01. The first-order valence-electron chi connectivity index (χ1n) is 6.26. The molecule has 2 atom stereocenters. The van der Waals surface area contributed by atoms with E-state index in [1.54, 1.807) is 0 Å². The van der Waals surface area contributed by atoms with Gasteiger partial charge in [0.2, 0.25) is 0 Å². The van der Waals surface area contributed by atoms with Gasteiger partial charge in [-0.25, -0.2) is 0 Å². The Morgan fingerprint density at radius 2 is 1.88 bits per heavy atom. The molecule has 2 rings (SSSR count). The average Bonchev–Trinajstić information content (AvgIpc) is 2.29. The van der Waals surface area contributed by atoms with Crippen molar-refractivity contribution in [2.75, 3.05) is 13.1 Å². The quantitative estimate of drug-likeness (QED) is 0.844. The zero-order valence-electron chi connectivity index (χ0n) is 10.3. The second-order valence-electron chi connectivity index (χ2n) is 5.14. The summed E-state index contributed by atoms with van der Waals surface area (Å²) < 4.78 is 0. The molecule has 0 saturated carbocycles. The molecule has 1 fully saturated rings. The van der Waals surface area contributed by atoms with Gasteiger partial charge in [-0.2, -0.15) is 0 Å². The minimum atomic E-state index is 0.484. The van der Waals surface area contributed by atoms with E-state index in [1.807, 2.05) is 18.2 Å². The zero-order chi connectivity index (χ0) is 12.4. The number of piperidine rings is 1. The number of nitrogens with one attached hydrogen (secondary N) is 1. The average molecular weight is 272 g/mol. The van der Waals surface area contributed by atoms with Crippen molar-refractivity contribution in [2.24, 2.45) is 11.8 Å². The van der Waals surface area contributed by atoms with Crippen molar-refractivity contribution in [1.82, 2.24) is 5.32 Å². The normalized spacial score (nSPS) is 25.2. The van der Waals surface area contributed by atoms with Gasteiger partial charge in [0, 0.05) is 10.0 Å². The Morgan fingerprint density at radius 1 is 1.24 bits per heavy atom. The molecule has 1 aromatic carbocycles. The van der Waals surface area contributed by atoms with Crippen molar-refractivity contribution in [1.29, 1.82) is 0 Å². The molecule has 0 aliphatic carbocycles. The summed E-state index contributed by atoms with van der Waals surface area (Å²) in [7, 11) is 0. The molecule has 0 amide bonds. The van der Waals surface area contributed by atoms with Gasteiger partial charge in [0.25, 0.3) is 0 Å². The van der Waals surface area contributed by atoms with Crippen LogP contribution in [0.15, 0.2) is 18.2 Å². The fourth-order valence-electron chi connectivity index (χ4n) is 2.81. The highest BCUT2D eigenvalue weighted by Crippen LogP contribution is 2.41. The van der Waals surface area contributed by atoms with E-state index < -0.39 is 0 Å². The van der Waals surface area contributed by atoms with Crippen molar-refractivity contribution in [3.63, 3.8) is 0 Å². The lowest BCUT2D eigenvalue weighted by atomic mass is 9.75. The molecule has 94 valence electrons. The van der Waals surface area contributed by atoms with Gasteiger partial charge < -0.3 is 5.32 Å². The topological polar surface area (TPSA) is 12.0 Å². The summed E-state index contributed by atoms with van der Waals surface area (Å²) in [6.45, 7) is 6.66. The smallest absolute Gasteiger partial charge is 0.0455 e. The van der Waals surface area contributed by atoms with Gasteiger partial charge in [0.1, 0.15) is 0 Å². The molecule has 1 N–H and O–H groups in total. The molecule has 1 aliphatic rings. The first-order chi connectivity index (χ1) is 8.11. The summed E-state index contributed by atoms with van der Waals surface area (Å²) in [5.74, 6) is 1.73. The predicted octanol–water partition coefficient (Wildman–Crippen LogP) is 4.34. The zero-order valence-corrected chi connectivity index (χ0v) is 11.9. The summed E-state index contributed by atoms with van der Waals surface area (Å²) >= 11 is 12.7. The summed E-state index contributed by atoms with van der Waals surface area (Å²) in [6.07, 6.45) is 1.12. The second-order valence-corrected chi connectivity index (χ2v) is 5.96. The molecule has 0 radical (unpaired) electrons. The molecular formula is C14H19Cl2N. The van der Waals surface area contributed by atoms with Crippen LogP contribution < -0.4 is 5.32 Å². The molecule has 1 saturated heterocycles. The Balaban J connectivity index is 2.36. The van der Waals surface area contributed by atoms with Gasteiger partial charge in [-0.05, 0) is 55.0 Å². The van der Waals surface area contributed by atoms with Crippen LogP contribution in [0.5, 0.6) is 0 Å². The van der Waals surface area contributed by atoms with Crippen LogP contribution >= 0.6 is 23.2 Å². The van der Waals surface area contributed by atoms with E-state index in [0.29, 0.717) is 17.8 Å². The fourth-order valence-corrected chi connectivity index (χ4v) is 3.48. The number of hydrogen-bond donors (Lipinski definition) is 1. The maximum atomic E-state index is 6.33. The highest BCUT2D eigenvalue weighted by molar-refractivity contribution is 6.36. The lowest BCUT2D eigenvalue weighted by Crippen LogP contribution is -2.38. The van der Waals surface area contributed by atoms with Crippen molar-refractivity contribution in [2.45, 2.75) is 26.2 Å². The summed E-state index contributed by atoms with van der Waals surface area (Å²) in [6, 6.07) is 5.81. The van der Waals surface area contributed by atoms with Crippen molar-refractivity contribution < 1.29 is 0 Å². The Hall–Kier alpha value is -0.240. The van der Waals surface area contributed by atoms with E-state index in [0.717, 1.165) is 35.1 Å². The number of halogens is 2. The Bertz CT molecular complexity index is 370. The maximum absolute atomic E-state index is 6.33. The van der Waals surface area contributed by atoms with Gasteiger partial charge in [-0.15, -0.1) is 0 Å². The Labute approximate surface area is 114 Å². The standard InChI is InChI=1S/C14H19Cl2N/c1-9(2)11-8-17-7-6-10(11)14-12(15)4-3-5-13(14)16/h3-5,9-11,17H,6-8H2,1-2H3. The third kappa shape index (κ3) is 2.78. The molecule has 3 heteroatoms. The fraction of sp³-hybridized carbons (Fsp3) is 0.571. The van der Waals surface area contributed by atoms with Gasteiger partial charge in [0.15, 0.2) is 0 Å². The van der Waals surface area contributed by atoms with Crippen LogP contribution in [0.1, 0.15) is 31.7 Å². The van der Waals surface area contributed by atoms with E-state index >= 15 is 0 Å². The van der Waals surface area contributed by atoms with E-state index in [-0.39, 0.29) is 0 Å². The third-order valence-electron chi connectivity index (χ3n) is 3.76. The van der Waals surface area contributed by atoms with Gasteiger partial charge in [-0.1, -0.05) is 43.1 Å². The Kier molecular flexibility index (Phi) is 4.35. The highest BCUT2D eigenvalue weighted by atomic mass is 35.5. The van der Waals surface area contributed by atoms with Crippen LogP contribution in [0, 0.1) is 11.8 Å². The third-order valence-corrected chi connectivity index (χ3v) is 4.41. The summed E-state index contributed by atoms with van der Waals surface area (Å²) in [5, 5.41) is 5.10. The van der Waals surface area contributed by atoms with E-state index in [1.165, 1.54) is 0 Å². The largest absolute Gasteiger partial charge is 0.316 e. The minimum absolute atomic E-state index is 0.484. The molecule has 17 heavy (non-hydrogen) atoms. The summed E-state index contributed by atoms with van der Waals surface area (Å²) in [4.78, 5) is 0. The van der Waals surface area contributed by atoms with Gasteiger partial charge in [0.05, 0.1) is 0 Å². The molecule has 0 bridgehead atoms. The van der Waals surface area contributed by atoms with E-state index in [4.69, 9.17) is 23.2 Å². The molecule has 2 unspecified atom stereocenters. The van der Waals surface area contributed by atoms with Crippen molar-refractivity contribution >= 4 is 23.2 Å². The lowest BCUT2D eigenvalue weighted by molar-refractivity contribution is 0.255. The SMILES string of the molecule is CC(C)C1CNCCC1c1c(Cl)cccc1Cl. The first kappa shape index (κ1) is 13.2. The highest BCUT2D eigenvalue weighted by Gasteiger charge is 2.31. The van der Waals surface area contributed by atoms with Crippen LogP contribution in [0.25, 0.3) is 0 Å². The molecule has 1 aliphatic heterocycles. The van der Waals surface area contributed by atoms with Crippen LogP contribution in [0.4, 0.5) is 0 Å². The van der Waals surface area contributed by atoms with Crippen molar-refractivity contribution in [3.05, 3.63) is 33.8 Å². The van der Waals surface area contributed by atoms with Gasteiger partial charge >= 0.3 is 0 Å². The molecule has 1 heterocycles. The van der Waals surface area contributed by atoms with Crippen molar-refractivity contribution in [3.8, 4) is 0 Å². The van der Waals surface area contributed by atoms with Crippen LogP contribution in [-0.2, 0) is 0 Å². The predicted molar refractivity (Wildman–Crippen MR) is 75.0 cm³/mol. The molecular weight excluding hydrogens is 253 g/mol. The monoisotopic (exact) mass is 271 g/mol. The minimum Gasteiger partial charge on any atom is -0.316 e. The molecule has 1 aromatic rings. The second kappa shape index (κ2) is 5.60. The lowest BCUT2D eigenvalue weighted by Gasteiger charge is -2.36. The van der Waals surface area contributed by atoms with E-state index in [2.05, 4.69) is 19.2 Å². The van der Waals surface area contributed by atoms with E-state index in [9.17, 15) is 0 Å². The van der Waals surface area contributed by atoms with Crippen LogP contribution in [0.3, 0.4) is 0 Å². The number of rotatable bonds is 2. The van der Waals surface area contributed by atoms with Crippen LogP contribution in [-0.4, -0.2) is 13.1 Å². The molecule has 1 nitrogen and oxygen atoms in total. The molecule has 0 aromatic heterocycles. The Morgan fingerprint density at radius 3 is 2.47 bits per heavy atom. The number of hydrogen-bond acceptors (Lipinski definition) is 1. The molecule has 0 spiro atoms. The van der Waals surface area contributed by atoms with Crippen LogP contribution in [0.2, 0.25) is 10.0 Å².